The van der Waals surface area contributed by atoms with Crippen LogP contribution in [0.4, 0.5) is 11.4 Å². The molecule has 2 aromatic carbocycles. The normalized spacial score (nSPS) is 10.2. The molecule has 0 atom stereocenters. The van der Waals surface area contributed by atoms with Gasteiger partial charge in [-0.3, -0.25) is 9.78 Å². The first-order chi connectivity index (χ1) is 13.7. The zero-order chi connectivity index (χ0) is 19.8. The molecule has 1 aromatic heterocycles. The van der Waals surface area contributed by atoms with Gasteiger partial charge in [0.05, 0.1) is 19.9 Å². The number of aromatic nitrogens is 1. The van der Waals surface area contributed by atoms with Gasteiger partial charge in [-0.05, 0) is 48.4 Å². The highest BCUT2D eigenvalue weighted by Gasteiger charge is 2.11. The van der Waals surface area contributed by atoms with E-state index in [9.17, 15) is 4.79 Å². The third kappa shape index (κ3) is 5.01. The first kappa shape index (κ1) is 19.2. The van der Waals surface area contributed by atoms with Crippen molar-refractivity contribution in [2.75, 3.05) is 31.4 Å². The molecule has 0 aliphatic heterocycles. The van der Waals surface area contributed by atoms with Gasteiger partial charge in [-0.1, -0.05) is 24.3 Å². The van der Waals surface area contributed by atoms with Crippen molar-refractivity contribution in [1.82, 2.24) is 4.98 Å². The van der Waals surface area contributed by atoms with Gasteiger partial charge in [-0.15, -0.1) is 0 Å². The van der Waals surface area contributed by atoms with Crippen molar-refractivity contribution in [3.8, 4) is 11.5 Å². The molecular formula is C22H23N3O3. The first-order valence-electron chi connectivity index (χ1n) is 8.97. The standard InChI is InChI=1S/C22H23N3O3/c1-27-18-9-7-16(8-10-18)11-13-23-17-12-14-24-20(15-17)22(26)25-19-5-3-4-6-21(19)28-2/h3-10,12,14-15H,11,13H2,1-2H3,(H,23,24)(H,25,26). The maximum atomic E-state index is 12.5. The maximum Gasteiger partial charge on any atom is 0.274 e. The fourth-order valence-corrected chi connectivity index (χ4v) is 2.74. The lowest BCUT2D eigenvalue weighted by atomic mass is 10.1. The summed E-state index contributed by atoms with van der Waals surface area (Å²) < 4.78 is 10.4. The van der Waals surface area contributed by atoms with Crippen LogP contribution in [0.2, 0.25) is 0 Å². The van der Waals surface area contributed by atoms with E-state index < -0.39 is 0 Å². The van der Waals surface area contributed by atoms with Crippen LogP contribution in [0.5, 0.6) is 11.5 Å². The largest absolute Gasteiger partial charge is 0.497 e. The summed E-state index contributed by atoms with van der Waals surface area (Å²) in [4.78, 5) is 16.7. The van der Waals surface area contributed by atoms with E-state index in [1.54, 1.807) is 38.6 Å². The number of hydrogen-bond acceptors (Lipinski definition) is 5. The lowest BCUT2D eigenvalue weighted by Crippen LogP contribution is -2.15. The van der Waals surface area contributed by atoms with E-state index in [-0.39, 0.29) is 5.91 Å². The molecule has 0 unspecified atom stereocenters. The number of rotatable bonds is 8. The molecule has 0 saturated heterocycles. The summed E-state index contributed by atoms with van der Waals surface area (Å²) in [5.41, 5.74) is 2.99. The van der Waals surface area contributed by atoms with E-state index in [0.717, 1.165) is 24.4 Å². The minimum atomic E-state index is -0.289. The number of benzene rings is 2. The molecule has 3 aromatic rings. The Morgan fingerprint density at radius 1 is 1.00 bits per heavy atom. The van der Waals surface area contributed by atoms with Crippen LogP contribution in [0.3, 0.4) is 0 Å². The SMILES string of the molecule is COc1ccc(CCNc2ccnc(C(=O)Nc3ccccc3OC)c2)cc1. The third-order valence-corrected chi connectivity index (χ3v) is 4.25. The molecule has 0 aliphatic rings. The van der Waals surface area contributed by atoms with Crippen LogP contribution in [0, 0.1) is 0 Å². The minimum Gasteiger partial charge on any atom is -0.497 e. The third-order valence-electron chi connectivity index (χ3n) is 4.25. The minimum absolute atomic E-state index is 0.289. The monoisotopic (exact) mass is 377 g/mol. The molecule has 1 amide bonds. The van der Waals surface area contributed by atoms with Crippen molar-refractivity contribution < 1.29 is 14.3 Å². The summed E-state index contributed by atoms with van der Waals surface area (Å²) in [6.07, 6.45) is 2.47. The van der Waals surface area contributed by atoms with Crippen LogP contribution in [-0.2, 0) is 6.42 Å². The Hall–Kier alpha value is -3.54. The Morgan fingerprint density at radius 2 is 1.79 bits per heavy atom. The molecule has 6 nitrogen and oxygen atoms in total. The summed E-state index contributed by atoms with van der Waals surface area (Å²) >= 11 is 0. The zero-order valence-corrected chi connectivity index (χ0v) is 15.9. The van der Waals surface area contributed by atoms with Crippen LogP contribution in [0.25, 0.3) is 0 Å². The van der Waals surface area contributed by atoms with Gasteiger partial charge in [0.1, 0.15) is 17.2 Å². The van der Waals surface area contributed by atoms with Gasteiger partial charge < -0.3 is 20.1 Å². The van der Waals surface area contributed by atoms with E-state index in [4.69, 9.17) is 9.47 Å². The predicted molar refractivity (Wildman–Crippen MR) is 110 cm³/mol. The van der Waals surface area contributed by atoms with Crippen LogP contribution in [-0.4, -0.2) is 31.7 Å². The number of carbonyl (C=O) groups excluding carboxylic acids is 1. The molecule has 144 valence electrons. The quantitative estimate of drug-likeness (QED) is 0.621. The highest BCUT2D eigenvalue weighted by Crippen LogP contribution is 2.23. The average molecular weight is 377 g/mol. The van der Waals surface area contributed by atoms with Gasteiger partial charge in [0.25, 0.3) is 5.91 Å². The molecule has 0 radical (unpaired) electrons. The average Bonchev–Trinajstić information content (AvgIpc) is 2.75. The lowest BCUT2D eigenvalue weighted by molar-refractivity contribution is 0.102. The van der Waals surface area contributed by atoms with Gasteiger partial charge in [0.15, 0.2) is 0 Å². The summed E-state index contributed by atoms with van der Waals surface area (Å²) in [5.74, 6) is 1.16. The molecule has 28 heavy (non-hydrogen) atoms. The van der Waals surface area contributed by atoms with Gasteiger partial charge in [-0.25, -0.2) is 0 Å². The lowest BCUT2D eigenvalue weighted by Gasteiger charge is -2.11. The van der Waals surface area contributed by atoms with E-state index in [2.05, 4.69) is 15.6 Å². The van der Waals surface area contributed by atoms with Crippen molar-refractivity contribution in [2.24, 2.45) is 0 Å². The summed E-state index contributed by atoms with van der Waals surface area (Å²) in [6, 6.07) is 18.8. The van der Waals surface area contributed by atoms with Crippen molar-refractivity contribution in [3.63, 3.8) is 0 Å². The molecule has 3 rings (SSSR count). The Bertz CT molecular complexity index is 926. The number of nitrogens with zero attached hydrogens (tertiary/aromatic N) is 1. The fraction of sp³-hybridized carbons (Fsp3) is 0.182. The molecule has 0 saturated carbocycles. The number of amides is 1. The number of anilines is 2. The van der Waals surface area contributed by atoms with Crippen LogP contribution in [0.1, 0.15) is 16.1 Å². The number of carbonyl (C=O) groups is 1. The smallest absolute Gasteiger partial charge is 0.274 e. The van der Waals surface area contributed by atoms with Crippen molar-refractivity contribution in [2.45, 2.75) is 6.42 Å². The van der Waals surface area contributed by atoms with Gasteiger partial charge in [-0.2, -0.15) is 0 Å². The van der Waals surface area contributed by atoms with Crippen LogP contribution >= 0.6 is 0 Å². The summed E-state index contributed by atoms with van der Waals surface area (Å²) in [6.45, 7) is 0.740. The molecule has 0 fully saturated rings. The van der Waals surface area contributed by atoms with E-state index in [1.807, 2.05) is 42.5 Å². The number of nitrogens with one attached hydrogen (secondary N) is 2. The van der Waals surface area contributed by atoms with Crippen molar-refractivity contribution in [1.29, 1.82) is 0 Å². The Labute approximate surface area is 164 Å². The molecule has 2 N–H and O–H groups in total. The Kier molecular flexibility index (Phi) is 6.46. The number of para-hydroxylation sites is 2. The van der Waals surface area contributed by atoms with Crippen molar-refractivity contribution in [3.05, 3.63) is 78.1 Å². The fourth-order valence-electron chi connectivity index (χ4n) is 2.74. The second-order valence-electron chi connectivity index (χ2n) is 6.11. The van der Waals surface area contributed by atoms with Crippen LogP contribution < -0.4 is 20.1 Å². The molecule has 1 heterocycles. The number of ether oxygens (including phenoxy) is 2. The zero-order valence-electron chi connectivity index (χ0n) is 15.9. The number of hydrogen-bond donors (Lipinski definition) is 2. The van der Waals surface area contributed by atoms with E-state index >= 15 is 0 Å². The molecule has 0 spiro atoms. The van der Waals surface area contributed by atoms with Gasteiger partial charge in [0, 0.05) is 18.4 Å². The van der Waals surface area contributed by atoms with E-state index in [0.29, 0.717) is 17.1 Å². The second-order valence-corrected chi connectivity index (χ2v) is 6.11. The second kappa shape index (κ2) is 9.41. The van der Waals surface area contributed by atoms with E-state index in [1.165, 1.54) is 5.56 Å². The highest BCUT2D eigenvalue weighted by atomic mass is 16.5. The first-order valence-corrected chi connectivity index (χ1v) is 8.97. The maximum absolute atomic E-state index is 12.5. The van der Waals surface area contributed by atoms with Gasteiger partial charge in [0.2, 0.25) is 0 Å². The topological polar surface area (TPSA) is 72.5 Å². The Morgan fingerprint density at radius 3 is 2.54 bits per heavy atom. The number of methoxy groups -OCH3 is 2. The highest BCUT2D eigenvalue weighted by molar-refractivity contribution is 6.04. The Balaban J connectivity index is 1.59. The molecule has 0 bridgehead atoms. The summed E-state index contributed by atoms with van der Waals surface area (Å²) in [7, 11) is 3.22. The molecule has 0 aliphatic carbocycles. The van der Waals surface area contributed by atoms with Crippen LogP contribution in [0.15, 0.2) is 66.9 Å². The molecular weight excluding hydrogens is 354 g/mol. The predicted octanol–water partition coefficient (Wildman–Crippen LogP) is 4.01. The number of pyridine rings is 1. The molecule has 6 heteroatoms. The van der Waals surface area contributed by atoms with Gasteiger partial charge >= 0.3 is 0 Å². The van der Waals surface area contributed by atoms with Crippen molar-refractivity contribution >= 4 is 17.3 Å². The summed E-state index contributed by atoms with van der Waals surface area (Å²) in [5, 5.41) is 6.16.